The highest BCUT2D eigenvalue weighted by molar-refractivity contribution is 5.86. The number of aromatic nitrogens is 4. The highest BCUT2D eigenvalue weighted by Crippen LogP contribution is 2.14. The molecular formula is C21H26N6O6. The predicted octanol–water partition coefficient (Wildman–Crippen LogP) is -0.452. The largest absolute Gasteiger partial charge is 0.463 e. The van der Waals surface area contributed by atoms with Gasteiger partial charge in [0.25, 0.3) is 5.56 Å². The second-order valence-corrected chi connectivity index (χ2v) is 8.02. The molecule has 0 spiro atoms. The Kier molecular flexibility index (Phi) is 6.18. The van der Waals surface area contributed by atoms with Gasteiger partial charge in [-0.25, -0.2) is 14.6 Å². The average Bonchev–Trinajstić information content (AvgIpc) is 3.37. The van der Waals surface area contributed by atoms with Crippen LogP contribution in [0, 0.1) is 0 Å². The Morgan fingerprint density at radius 2 is 1.88 bits per heavy atom. The lowest BCUT2D eigenvalue weighted by Gasteiger charge is -2.21. The molecule has 0 N–H and O–H groups in total. The fourth-order valence-electron chi connectivity index (χ4n) is 4.03. The number of hydrogen-bond donors (Lipinski definition) is 0. The third-order valence-electron chi connectivity index (χ3n) is 5.89. The maximum atomic E-state index is 13.0. The summed E-state index contributed by atoms with van der Waals surface area (Å²) in [7, 11) is 4.25. The summed E-state index contributed by atoms with van der Waals surface area (Å²) in [6, 6.07) is 3.34. The number of carbonyl (C=O) groups is 2. The number of furan rings is 1. The lowest BCUT2D eigenvalue weighted by Crippen LogP contribution is -2.39. The summed E-state index contributed by atoms with van der Waals surface area (Å²) in [6.07, 6.45) is 2.20. The molecule has 4 rings (SSSR count). The van der Waals surface area contributed by atoms with E-state index in [0.29, 0.717) is 31.9 Å². The molecule has 1 amide bonds. The molecule has 12 heteroatoms. The Morgan fingerprint density at radius 1 is 1.09 bits per heavy atom. The van der Waals surface area contributed by atoms with Crippen LogP contribution in [-0.2, 0) is 36.7 Å². The number of esters is 1. The molecule has 4 heterocycles. The Balaban J connectivity index is 1.42. The number of imidazole rings is 1. The lowest BCUT2D eigenvalue weighted by molar-refractivity contribution is -0.131. The minimum atomic E-state index is -0.518. The summed E-state index contributed by atoms with van der Waals surface area (Å²) in [5.74, 6) is 0.172. The summed E-state index contributed by atoms with van der Waals surface area (Å²) >= 11 is 0. The van der Waals surface area contributed by atoms with Gasteiger partial charge < -0.3 is 18.6 Å². The molecule has 0 bridgehead atoms. The zero-order valence-electron chi connectivity index (χ0n) is 18.8. The first-order valence-electron chi connectivity index (χ1n) is 10.6. The monoisotopic (exact) mass is 458 g/mol. The Bertz CT molecular complexity index is 1310. The van der Waals surface area contributed by atoms with Gasteiger partial charge >= 0.3 is 11.7 Å². The van der Waals surface area contributed by atoms with Crippen molar-refractivity contribution < 1.29 is 18.7 Å². The molecule has 0 aliphatic carbocycles. The van der Waals surface area contributed by atoms with Gasteiger partial charge in [0.05, 0.1) is 20.0 Å². The van der Waals surface area contributed by atoms with Crippen LogP contribution in [0.2, 0.25) is 0 Å². The Labute approximate surface area is 188 Å². The molecule has 1 aliphatic rings. The summed E-state index contributed by atoms with van der Waals surface area (Å²) in [6.45, 7) is 3.01. The SMILES string of the molecule is COC(=O)c1ccc(CN2CCCN(C(=O)Cn3cnc4c3c(=O)n(C)c(=O)n4C)CC2)o1. The zero-order valence-corrected chi connectivity index (χ0v) is 18.8. The van der Waals surface area contributed by atoms with Gasteiger partial charge in [-0.05, 0) is 18.6 Å². The summed E-state index contributed by atoms with van der Waals surface area (Å²) in [4.78, 5) is 57.3. The van der Waals surface area contributed by atoms with Crippen molar-refractivity contribution in [2.75, 3.05) is 33.3 Å². The first kappa shape index (κ1) is 22.5. The topological polar surface area (TPSA) is 125 Å². The molecule has 1 saturated heterocycles. The van der Waals surface area contributed by atoms with Crippen LogP contribution in [0.15, 0.2) is 32.5 Å². The number of rotatable bonds is 5. The van der Waals surface area contributed by atoms with Gasteiger partial charge in [0.2, 0.25) is 11.7 Å². The van der Waals surface area contributed by atoms with E-state index >= 15 is 0 Å². The van der Waals surface area contributed by atoms with Crippen molar-refractivity contribution in [3.05, 3.63) is 50.8 Å². The second kappa shape index (κ2) is 9.06. The van der Waals surface area contributed by atoms with Gasteiger partial charge in [-0.15, -0.1) is 0 Å². The lowest BCUT2D eigenvalue weighted by atomic mass is 10.3. The van der Waals surface area contributed by atoms with Gasteiger partial charge in [0, 0.05) is 40.3 Å². The van der Waals surface area contributed by atoms with Crippen LogP contribution in [0.3, 0.4) is 0 Å². The normalized spacial score (nSPS) is 15.1. The van der Waals surface area contributed by atoms with Crippen molar-refractivity contribution in [1.29, 1.82) is 0 Å². The number of carbonyl (C=O) groups excluding carboxylic acids is 2. The van der Waals surface area contributed by atoms with Crippen LogP contribution >= 0.6 is 0 Å². The van der Waals surface area contributed by atoms with Gasteiger partial charge in [-0.2, -0.15) is 0 Å². The second-order valence-electron chi connectivity index (χ2n) is 8.02. The van der Waals surface area contributed by atoms with Crippen LogP contribution in [0.25, 0.3) is 11.2 Å². The van der Waals surface area contributed by atoms with E-state index in [0.717, 1.165) is 17.5 Å². The van der Waals surface area contributed by atoms with Crippen LogP contribution in [0.5, 0.6) is 0 Å². The molecule has 3 aromatic rings. The summed E-state index contributed by atoms with van der Waals surface area (Å²) < 4.78 is 14.0. The van der Waals surface area contributed by atoms with Crippen LogP contribution in [-0.4, -0.2) is 73.7 Å². The first-order valence-corrected chi connectivity index (χ1v) is 10.6. The van der Waals surface area contributed by atoms with Crippen molar-refractivity contribution >= 4 is 23.0 Å². The quantitative estimate of drug-likeness (QED) is 0.471. The van der Waals surface area contributed by atoms with E-state index < -0.39 is 17.2 Å². The number of fused-ring (bicyclic) bond motifs is 1. The van der Waals surface area contributed by atoms with Gasteiger partial charge in [0.15, 0.2) is 11.2 Å². The molecule has 33 heavy (non-hydrogen) atoms. The van der Waals surface area contributed by atoms with Crippen molar-refractivity contribution in [3.63, 3.8) is 0 Å². The minimum absolute atomic E-state index is 0.0371. The number of methoxy groups -OCH3 is 1. The van der Waals surface area contributed by atoms with E-state index in [1.165, 1.54) is 29.6 Å². The average molecular weight is 458 g/mol. The number of aryl methyl sites for hydroxylation is 1. The molecule has 0 radical (unpaired) electrons. The minimum Gasteiger partial charge on any atom is -0.463 e. The number of hydrogen-bond acceptors (Lipinski definition) is 8. The Morgan fingerprint density at radius 3 is 2.64 bits per heavy atom. The van der Waals surface area contributed by atoms with E-state index in [1.54, 1.807) is 24.1 Å². The molecule has 0 atom stereocenters. The molecule has 3 aromatic heterocycles. The van der Waals surface area contributed by atoms with E-state index in [4.69, 9.17) is 4.42 Å². The number of nitrogens with zero attached hydrogens (tertiary/aromatic N) is 6. The van der Waals surface area contributed by atoms with E-state index in [9.17, 15) is 19.2 Å². The predicted molar refractivity (Wildman–Crippen MR) is 117 cm³/mol. The molecular weight excluding hydrogens is 432 g/mol. The molecule has 1 fully saturated rings. The molecule has 0 unspecified atom stereocenters. The third kappa shape index (κ3) is 4.33. The maximum absolute atomic E-state index is 13.0. The highest BCUT2D eigenvalue weighted by Gasteiger charge is 2.22. The molecule has 0 aromatic carbocycles. The van der Waals surface area contributed by atoms with Gasteiger partial charge in [0.1, 0.15) is 12.3 Å². The zero-order chi connectivity index (χ0) is 23.7. The van der Waals surface area contributed by atoms with E-state index in [1.807, 2.05) is 0 Å². The molecule has 0 saturated carbocycles. The van der Waals surface area contributed by atoms with Gasteiger partial charge in [-0.1, -0.05) is 0 Å². The van der Waals surface area contributed by atoms with Crippen molar-refractivity contribution in [3.8, 4) is 0 Å². The molecule has 1 aliphatic heterocycles. The summed E-state index contributed by atoms with van der Waals surface area (Å²) in [5.41, 5.74) is -0.469. The van der Waals surface area contributed by atoms with Crippen molar-refractivity contribution in [2.45, 2.75) is 19.5 Å². The highest BCUT2D eigenvalue weighted by atomic mass is 16.5. The smallest absolute Gasteiger partial charge is 0.373 e. The maximum Gasteiger partial charge on any atom is 0.373 e. The Hall–Kier alpha value is -3.67. The molecule has 12 nitrogen and oxygen atoms in total. The number of ether oxygens (including phenoxy) is 1. The fraction of sp³-hybridized carbons (Fsp3) is 0.476. The standard InChI is InChI=1S/C21H26N6O6/c1-23-18-17(19(29)24(2)21(23)31)27(13-22-18)12-16(28)26-8-4-7-25(9-10-26)11-14-5-6-15(33-14)20(30)32-3/h5-6,13H,4,7-12H2,1-3H3. The first-order chi connectivity index (χ1) is 15.8. The van der Waals surface area contributed by atoms with Crippen LogP contribution in [0.4, 0.5) is 0 Å². The van der Waals surface area contributed by atoms with E-state index in [-0.39, 0.29) is 29.4 Å². The van der Waals surface area contributed by atoms with E-state index in [2.05, 4.69) is 14.6 Å². The fourth-order valence-corrected chi connectivity index (χ4v) is 4.03. The van der Waals surface area contributed by atoms with Crippen molar-refractivity contribution in [2.24, 2.45) is 14.1 Å². The van der Waals surface area contributed by atoms with Crippen LogP contribution in [0.1, 0.15) is 22.7 Å². The van der Waals surface area contributed by atoms with Gasteiger partial charge in [-0.3, -0.25) is 23.6 Å². The third-order valence-corrected chi connectivity index (χ3v) is 5.89. The summed E-state index contributed by atoms with van der Waals surface area (Å²) in [5, 5.41) is 0. The van der Waals surface area contributed by atoms with Crippen molar-refractivity contribution in [1.82, 2.24) is 28.5 Å². The molecule has 176 valence electrons. The number of amides is 1. The van der Waals surface area contributed by atoms with Crippen LogP contribution < -0.4 is 11.2 Å².